The predicted molar refractivity (Wildman–Crippen MR) is 83.4 cm³/mol. The third kappa shape index (κ3) is 2.95. The molecule has 0 saturated carbocycles. The molecule has 0 aliphatic heterocycles. The van der Waals surface area contributed by atoms with Gasteiger partial charge in [0, 0.05) is 18.5 Å². The Morgan fingerprint density at radius 1 is 1.20 bits per heavy atom. The van der Waals surface area contributed by atoms with Gasteiger partial charge in [-0.2, -0.15) is 0 Å². The number of aromatic nitrogens is 1. The maximum Gasteiger partial charge on any atom is 0.187 e. The standard InChI is InChI=1S/C15H16N2O2S/c1-3-10-17(11-4-2)15-9-8-12-13(16-15)6-5-7-14(12)20(18)19/h3-9H,1-2,10-11H2,(H,18,19). The van der Waals surface area contributed by atoms with Crippen molar-refractivity contribution in [3.8, 4) is 0 Å². The van der Waals surface area contributed by atoms with E-state index in [1.54, 1.807) is 24.3 Å². The first-order valence-corrected chi connectivity index (χ1v) is 7.25. The lowest BCUT2D eigenvalue weighted by molar-refractivity contribution is 0.565. The molecule has 1 aromatic carbocycles. The molecule has 0 radical (unpaired) electrons. The fourth-order valence-corrected chi connectivity index (χ4v) is 2.57. The monoisotopic (exact) mass is 288 g/mol. The zero-order chi connectivity index (χ0) is 14.5. The van der Waals surface area contributed by atoms with Crippen molar-refractivity contribution >= 4 is 27.8 Å². The van der Waals surface area contributed by atoms with Crippen LogP contribution in [-0.2, 0) is 11.1 Å². The van der Waals surface area contributed by atoms with Crippen LogP contribution in [0.3, 0.4) is 0 Å². The van der Waals surface area contributed by atoms with Crippen LogP contribution >= 0.6 is 0 Å². The van der Waals surface area contributed by atoms with Crippen molar-refractivity contribution in [3.63, 3.8) is 0 Å². The van der Waals surface area contributed by atoms with Gasteiger partial charge in [-0.25, -0.2) is 9.19 Å². The second kappa shape index (κ2) is 6.45. The number of hydrogen-bond donors (Lipinski definition) is 1. The van der Waals surface area contributed by atoms with Crippen molar-refractivity contribution in [2.45, 2.75) is 4.90 Å². The minimum absolute atomic E-state index is 0.376. The third-order valence-electron chi connectivity index (χ3n) is 2.89. The molecule has 1 unspecified atom stereocenters. The zero-order valence-corrected chi connectivity index (χ0v) is 11.8. The van der Waals surface area contributed by atoms with Crippen molar-refractivity contribution in [1.82, 2.24) is 4.98 Å². The highest BCUT2D eigenvalue weighted by atomic mass is 32.2. The summed E-state index contributed by atoms with van der Waals surface area (Å²) in [4.78, 5) is 6.93. The van der Waals surface area contributed by atoms with E-state index in [1.165, 1.54) is 0 Å². The molecular formula is C15H16N2O2S. The van der Waals surface area contributed by atoms with E-state index in [4.69, 9.17) is 0 Å². The maximum atomic E-state index is 11.3. The third-order valence-corrected chi connectivity index (χ3v) is 3.62. The lowest BCUT2D eigenvalue weighted by Gasteiger charge is -2.20. The molecule has 2 rings (SSSR count). The molecule has 0 fully saturated rings. The quantitative estimate of drug-likeness (QED) is 0.656. The average molecular weight is 288 g/mol. The van der Waals surface area contributed by atoms with E-state index in [1.807, 2.05) is 23.1 Å². The molecule has 2 aromatic rings. The summed E-state index contributed by atoms with van der Waals surface area (Å²) in [7, 11) is 0. The number of fused-ring (bicyclic) bond motifs is 1. The van der Waals surface area contributed by atoms with Crippen molar-refractivity contribution in [1.29, 1.82) is 0 Å². The largest absolute Gasteiger partial charge is 0.349 e. The number of hydrogen-bond acceptors (Lipinski definition) is 3. The number of anilines is 1. The first-order valence-electron chi connectivity index (χ1n) is 6.14. The molecule has 1 N–H and O–H groups in total. The van der Waals surface area contributed by atoms with Crippen LogP contribution in [0.2, 0.25) is 0 Å². The van der Waals surface area contributed by atoms with Crippen molar-refractivity contribution < 1.29 is 8.76 Å². The van der Waals surface area contributed by atoms with E-state index in [9.17, 15) is 8.76 Å². The van der Waals surface area contributed by atoms with Crippen LogP contribution in [0.25, 0.3) is 10.9 Å². The van der Waals surface area contributed by atoms with Crippen LogP contribution < -0.4 is 4.90 Å². The molecule has 0 bridgehead atoms. The van der Waals surface area contributed by atoms with Gasteiger partial charge in [0.25, 0.3) is 0 Å². The van der Waals surface area contributed by atoms with Crippen LogP contribution in [0.4, 0.5) is 5.82 Å². The normalized spacial score (nSPS) is 12.1. The lowest BCUT2D eigenvalue weighted by atomic mass is 10.2. The summed E-state index contributed by atoms with van der Waals surface area (Å²) in [5.74, 6) is 0.790. The van der Waals surface area contributed by atoms with E-state index in [0.29, 0.717) is 28.9 Å². The first kappa shape index (κ1) is 14.4. The average Bonchev–Trinajstić information content (AvgIpc) is 2.45. The minimum atomic E-state index is -2.01. The van der Waals surface area contributed by atoms with Gasteiger partial charge in [-0.15, -0.1) is 13.2 Å². The highest BCUT2D eigenvalue weighted by molar-refractivity contribution is 7.79. The Kier molecular flexibility index (Phi) is 4.65. The fourth-order valence-electron chi connectivity index (χ4n) is 2.02. The van der Waals surface area contributed by atoms with Crippen LogP contribution in [0.15, 0.2) is 60.5 Å². The molecule has 0 amide bonds. The van der Waals surface area contributed by atoms with Gasteiger partial charge in [0.1, 0.15) is 5.82 Å². The number of rotatable bonds is 6. The zero-order valence-electron chi connectivity index (χ0n) is 11.0. The summed E-state index contributed by atoms with van der Waals surface area (Å²) in [5, 5.41) is 0.689. The van der Waals surface area contributed by atoms with Gasteiger partial charge < -0.3 is 9.45 Å². The smallest absolute Gasteiger partial charge is 0.187 e. The van der Waals surface area contributed by atoms with Crippen molar-refractivity contribution in [2.75, 3.05) is 18.0 Å². The van der Waals surface area contributed by atoms with Crippen molar-refractivity contribution in [3.05, 3.63) is 55.6 Å². The first-order chi connectivity index (χ1) is 9.67. The molecular weight excluding hydrogens is 272 g/mol. The molecule has 0 spiro atoms. The summed E-state index contributed by atoms with van der Waals surface area (Å²) in [5.41, 5.74) is 0.695. The summed E-state index contributed by atoms with van der Waals surface area (Å²) in [6, 6.07) is 8.85. The van der Waals surface area contributed by atoms with Gasteiger partial charge in [-0.3, -0.25) is 0 Å². The molecule has 0 saturated heterocycles. The molecule has 4 nitrogen and oxygen atoms in total. The van der Waals surface area contributed by atoms with Gasteiger partial charge in [-0.05, 0) is 24.3 Å². The maximum absolute atomic E-state index is 11.3. The van der Waals surface area contributed by atoms with Crippen molar-refractivity contribution in [2.24, 2.45) is 0 Å². The Bertz CT molecular complexity index is 660. The topological polar surface area (TPSA) is 53.4 Å². The summed E-state index contributed by atoms with van der Waals surface area (Å²) in [6.45, 7) is 8.79. The summed E-state index contributed by atoms with van der Waals surface area (Å²) in [6.07, 6.45) is 3.60. The van der Waals surface area contributed by atoms with Crippen LogP contribution in [0.5, 0.6) is 0 Å². The molecule has 1 atom stereocenters. The molecule has 0 aliphatic rings. The summed E-state index contributed by atoms with van der Waals surface area (Å²) >= 11 is -2.01. The Morgan fingerprint density at radius 2 is 1.90 bits per heavy atom. The van der Waals surface area contributed by atoms with Crippen LogP contribution in [0, 0.1) is 0 Å². The number of pyridine rings is 1. The van der Waals surface area contributed by atoms with E-state index in [0.717, 1.165) is 5.82 Å². The lowest BCUT2D eigenvalue weighted by Crippen LogP contribution is -2.24. The predicted octanol–water partition coefficient (Wildman–Crippen LogP) is 2.99. The Balaban J connectivity index is 2.50. The van der Waals surface area contributed by atoms with Crippen LogP contribution in [0.1, 0.15) is 0 Å². The van der Waals surface area contributed by atoms with Crippen LogP contribution in [-0.4, -0.2) is 26.8 Å². The van der Waals surface area contributed by atoms with Gasteiger partial charge in [0.05, 0.1) is 10.4 Å². The minimum Gasteiger partial charge on any atom is -0.349 e. The second-order valence-electron chi connectivity index (χ2n) is 4.22. The van der Waals surface area contributed by atoms with E-state index < -0.39 is 11.1 Å². The number of nitrogens with zero attached hydrogens (tertiary/aromatic N) is 2. The van der Waals surface area contributed by atoms with Gasteiger partial charge in [-0.1, -0.05) is 18.2 Å². The fraction of sp³-hybridized carbons (Fsp3) is 0.133. The molecule has 1 aromatic heterocycles. The highest BCUT2D eigenvalue weighted by Crippen LogP contribution is 2.23. The van der Waals surface area contributed by atoms with E-state index in [2.05, 4.69) is 18.1 Å². The molecule has 20 heavy (non-hydrogen) atoms. The highest BCUT2D eigenvalue weighted by Gasteiger charge is 2.10. The van der Waals surface area contributed by atoms with E-state index >= 15 is 0 Å². The second-order valence-corrected chi connectivity index (χ2v) is 5.16. The van der Waals surface area contributed by atoms with Gasteiger partial charge >= 0.3 is 0 Å². The molecule has 1 heterocycles. The number of benzene rings is 1. The van der Waals surface area contributed by atoms with Gasteiger partial charge in [0.15, 0.2) is 11.1 Å². The Hall–Kier alpha value is -1.98. The Morgan fingerprint density at radius 3 is 2.50 bits per heavy atom. The molecule has 5 heteroatoms. The summed E-state index contributed by atoms with van der Waals surface area (Å²) < 4.78 is 20.6. The SMILES string of the molecule is C=CCN(CC=C)c1ccc2c(S(=O)O)cccc2n1. The molecule has 0 aliphatic carbocycles. The van der Waals surface area contributed by atoms with E-state index in [-0.39, 0.29) is 0 Å². The van der Waals surface area contributed by atoms with Gasteiger partial charge in [0.2, 0.25) is 0 Å². The Labute approximate surface area is 120 Å². The molecule has 104 valence electrons.